The Morgan fingerprint density at radius 2 is 2.06 bits per heavy atom. The van der Waals surface area contributed by atoms with Gasteiger partial charge >= 0.3 is 0 Å². The van der Waals surface area contributed by atoms with Gasteiger partial charge in [0.15, 0.2) is 0 Å². The molecule has 0 aromatic carbocycles. The van der Waals surface area contributed by atoms with E-state index in [-0.39, 0.29) is 0 Å². The molecule has 0 aromatic rings. The van der Waals surface area contributed by atoms with Gasteiger partial charge in [-0.3, -0.25) is 4.99 Å². The van der Waals surface area contributed by atoms with Crippen molar-refractivity contribution in [2.24, 2.45) is 4.99 Å². The SMILES string of the molecule is CCCCN=CNP(=S)(OCCC)SCCC. The molecule has 102 valence electrons. The number of nitrogens with zero attached hydrogens (tertiary/aromatic N) is 1. The molecule has 0 heterocycles. The number of unbranched alkanes of at least 4 members (excludes halogenated alkanes) is 1. The van der Waals surface area contributed by atoms with Crippen LogP contribution in [0.2, 0.25) is 0 Å². The van der Waals surface area contributed by atoms with Crippen LogP contribution in [-0.2, 0) is 16.3 Å². The van der Waals surface area contributed by atoms with E-state index in [2.05, 4.69) is 30.9 Å². The topological polar surface area (TPSA) is 33.6 Å². The van der Waals surface area contributed by atoms with Crippen LogP contribution in [0.25, 0.3) is 0 Å². The highest BCUT2D eigenvalue weighted by Crippen LogP contribution is 2.55. The Kier molecular flexibility index (Phi) is 11.8. The Hall–Kier alpha value is 0.430. The first-order chi connectivity index (χ1) is 8.18. The lowest BCUT2D eigenvalue weighted by molar-refractivity contribution is 0.356. The zero-order valence-electron chi connectivity index (χ0n) is 11.1. The second kappa shape index (κ2) is 11.5. The standard InChI is InChI=1S/C11H25N2OPS2/c1-4-7-8-12-11-13-15(16,14-9-5-2)17-10-6-3/h11H,4-10H2,1-3H3,(H,12,13,16). The Morgan fingerprint density at radius 1 is 1.29 bits per heavy atom. The van der Waals surface area contributed by atoms with Crippen LogP contribution in [0.4, 0.5) is 0 Å². The van der Waals surface area contributed by atoms with Crippen LogP contribution in [0.3, 0.4) is 0 Å². The van der Waals surface area contributed by atoms with Crippen LogP contribution in [0.5, 0.6) is 0 Å². The van der Waals surface area contributed by atoms with Crippen molar-refractivity contribution in [3.05, 3.63) is 0 Å². The quantitative estimate of drug-likeness (QED) is 0.268. The van der Waals surface area contributed by atoms with Crippen LogP contribution in [0, 0.1) is 0 Å². The molecule has 17 heavy (non-hydrogen) atoms. The first kappa shape index (κ1) is 17.4. The summed E-state index contributed by atoms with van der Waals surface area (Å²) < 4.78 is 5.77. The average Bonchev–Trinajstić information content (AvgIpc) is 2.34. The Balaban J connectivity index is 4.08. The number of aliphatic imine (C=N–C) groups is 1. The molecule has 0 aliphatic rings. The van der Waals surface area contributed by atoms with Crippen LogP contribution >= 0.6 is 17.0 Å². The maximum Gasteiger partial charge on any atom is 0.211 e. The van der Waals surface area contributed by atoms with Gasteiger partial charge in [-0.25, -0.2) is 0 Å². The third-order valence-electron chi connectivity index (χ3n) is 1.88. The van der Waals surface area contributed by atoms with Crippen LogP contribution < -0.4 is 5.09 Å². The first-order valence-electron chi connectivity index (χ1n) is 6.33. The van der Waals surface area contributed by atoms with Crippen molar-refractivity contribution >= 4 is 35.1 Å². The van der Waals surface area contributed by atoms with Gasteiger partial charge in [-0.2, -0.15) is 0 Å². The summed E-state index contributed by atoms with van der Waals surface area (Å²) in [6.07, 6.45) is 6.16. The van der Waals surface area contributed by atoms with Gasteiger partial charge in [0.2, 0.25) is 5.62 Å². The molecule has 0 bridgehead atoms. The summed E-state index contributed by atoms with van der Waals surface area (Å²) in [5.74, 6) is 1.04. The van der Waals surface area contributed by atoms with E-state index < -0.39 is 5.62 Å². The minimum Gasteiger partial charge on any atom is -0.326 e. The third-order valence-corrected chi connectivity index (χ3v) is 7.54. The molecule has 0 rings (SSSR count). The summed E-state index contributed by atoms with van der Waals surface area (Å²) in [6.45, 7) is 8.00. The summed E-state index contributed by atoms with van der Waals surface area (Å²) in [7, 11) is 0. The molecule has 0 saturated heterocycles. The van der Waals surface area contributed by atoms with Crippen LogP contribution in [-0.4, -0.2) is 25.2 Å². The summed E-state index contributed by atoms with van der Waals surface area (Å²) in [5, 5.41) is 3.20. The van der Waals surface area contributed by atoms with E-state index in [0.717, 1.165) is 38.2 Å². The van der Waals surface area contributed by atoms with E-state index in [1.165, 1.54) is 6.42 Å². The molecule has 0 saturated carbocycles. The van der Waals surface area contributed by atoms with Crippen LogP contribution in [0.15, 0.2) is 4.99 Å². The lowest BCUT2D eigenvalue weighted by Crippen LogP contribution is -2.09. The van der Waals surface area contributed by atoms with Gasteiger partial charge in [0.05, 0.1) is 12.9 Å². The van der Waals surface area contributed by atoms with Gasteiger partial charge in [-0.05, 0) is 31.1 Å². The van der Waals surface area contributed by atoms with Crippen molar-refractivity contribution in [1.82, 2.24) is 5.09 Å². The molecular weight excluding hydrogens is 271 g/mol. The molecule has 0 spiro atoms. The minimum atomic E-state index is -1.95. The first-order valence-corrected chi connectivity index (χ1v) is 10.6. The molecule has 0 aromatic heterocycles. The third kappa shape index (κ3) is 10.1. The highest BCUT2D eigenvalue weighted by molar-refractivity contribution is 8.68. The van der Waals surface area contributed by atoms with E-state index in [1.54, 1.807) is 17.7 Å². The number of nitrogens with one attached hydrogen (secondary N) is 1. The van der Waals surface area contributed by atoms with Crippen LogP contribution in [0.1, 0.15) is 46.5 Å². The fraction of sp³-hybridized carbons (Fsp3) is 0.909. The van der Waals surface area contributed by atoms with Crippen molar-refractivity contribution in [3.63, 3.8) is 0 Å². The normalized spacial score (nSPS) is 15.0. The summed E-state index contributed by atoms with van der Waals surface area (Å²) in [5.41, 5.74) is -1.95. The van der Waals surface area contributed by atoms with Gasteiger partial charge in [-0.1, -0.05) is 38.6 Å². The van der Waals surface area contributed by atoms with Gasteiger partial charge in [0.1, 0.15) is 0 Å². The second-order valence-corrected chi connectivity index (χ2v) is 10.4. The Morgan fingerprint density at radius 3 is 2.65 bits per heavy atom. The Labute approximate surface area is 115 Å². The Bertz CT molecular complexity index is 238. The molecular formula is C11H25N2OPS2. The molecule has 1 atom stereocenters. The van der Waals surface area contributed by atoms with E-state index in [1.807, 2.05) is 0 Å². The van der Waals surface area contributed by atoms with Crippen molar-refractivity contribution in [3.8, 4) is 0 Å². The van der Waals surface area contributed by atoms with Gasteiger partial charge in [-0.15, -0.1) is 0 Å². The van der Waals surface area contributed by atoms with Crippen molar-refractivity contribution in [1.29, 1.82) is 0 Å². The van der Waals surface area contributed by atoms with Crippen molar-refractivity contribution in [2.45, 2.75) is 46.5 Å². The van der Waals surface area contributed by atoms with Gasteiger partial charge in [0, 0.05) is 12.3 Å². The highest BCUT2D eigenvalue weighted by atomic mass is 32.9. The molecule has 6 heteroatoms. The minimum absolute atomic E-state index is 0.726. The summed E-state index contributed by atoms with van der Waals surface area (Å²) in [4.78, 5) is 4.29. The molecule has 0 radical (unpaired) electrons. The number of hydrogen-bond acceptors (Lipinski definition) is 4. The maximum atomic E-state index is 5.77. The van der Waals surface area contributed by atoms with Gasteiger partial charge < -0.3 is 9.61 Å². The maximum absolute atomic E-state index is 5.77. The van der Waals surface area contributed by atoms with E-state index in [9.17, 15) is 0 Å². The smallest absolute Gasteiger partial charge is 0.211 e. The molecule has 0 amide bonds. The summed E-state index contributed by atoms with van der Waals surface area (Å²) >= 11 is 7.29. The fourth-order valence-corrected chi connectivity index (χ4v) is 5.37. The number of rotatable bonds is 11. The lowest BCUT2D eigenvalue weighted by Gasteiger charge is -2.20. The highest BCUT2D eigenvalue weighted by Gasteiger charge is 2.15. The van der Waals surface area contributed by atoms with Crippen molar-refractivity contribution < 1.29 is 4.52 Å². The monoisotopic (exact) mass is 296 g/mol. The van der Waals surface area contributed by atoms with E-state index >= 15 is 0 Å². The molecule has 3 nitrogen and oxygen atoms in total. The predicted octanol–water partition coefficient (Wildman–Crippen LogP) is 4.20. The second-order valence-electron chi connectivity index (χ2n) is 3.68. The molecule has 0 aliphatic carbocycles. The van der Waals surface area contributed by atoms with E-state index in [0.29, 0.717) is 0 Å². The zero-order chi connectivity index (χ0) is 13.0. The van der Waals surface area contributed by atoms with Gasteiger partial charge in [0.25, 0.3) is 0 Å². The average molecular weight is 296 g/mol. The molecule has 1 N–H and O–H groups in total. The van der Waals surface area contributed by atoms with E-state index in [4.69, 9.17) is 16.3 Å². The predicted molar refractivity (Wildman–Crippen MR) is 84.7 cm³/mol. The molecule has 1 unspecified atom stereocenters. The number of hydrogen-bond donors (Lipinski definition) is 1. The molecule has 0 aliphatic heterocycles. The molecule has 0 fully saturated rings. The zero-order valence-corrected chi connectivity index (χ0v) is 13.7. The fourth-order valence-electron chi connectivity index (χ4n) is 0.960. The van der Waals surface area contributed by atoms with Crippen molar-refractivity contribution in [2.75, 3.05) is 18.9 Å². The lowest BCUT2D eigenvalue weighted by atomic mass is 10.3. The summed E-state index contributed by atoms with van der Waals surface area (Å²) in [6, 6.07) is 0. The largest absolute Gasteiger partial charge is 0.326 e.